The molecule has 0 aliphatic rings. The van der Waals surface area contributed by atoms with Crippen molar-refractivity contribution in [3.05, 3.63) is 0 Å². The Morgan fingerprint density at radius 2 is 1.25 bits per heavy atom. The van der Waals surface area contributed by atoms with Gasteiger partial charge in [0.25, 0.3) is 0 Å². The van der Waals surface area contributed by atoms with Gasteiger partial charge in [0.15, 0.2) is 0 Å². The van der Waals surface area contributed by atoms with E-state index in [2.05, 4.69) is 26.3 Å². The molecule has 73 valence electrons. The van der Waals surface area contributed by atoms with Crippen molar-refractivity contribution in [3.8, 4) is 0 Å². The van der Waals surface area contributed by atoms with Crippen molar-refractivity contribution < 1.29 is 5.21 Å². The maximum atomic E-state index is 8.99. The highest BCUT2D eigenvalue weighted by Gasteiger charge is 2.27. The molecule has 0 saturated carbocycles. The van der Waals surface area contributed by atoms with Gasteiger partial charge in [0, 0.05) is 0 Å². The standard InChI is InChI=1S/C10H22NO/c1-4-7-10(11-12,8-5-2)9-6-3/h12H,4-9H2,1-3H3. The first-order valence-corrected chi connectivity index (χ1v) is 5.11. The highest BCUT2D eigenvalue weighted by atomic mass is 16.5. The van der Waals surface area contributed by atoms with Crippen LogP contribution in [-0.2, 0) is 0 Å². The summed E-state index contributed by atoms with van der Waals surface area (Å²) >= 11 is 0. The number of hydrogen-bond acceptors (Lipinski definition) is 1. The molecule has 0 bridgehead atoms. The minimum atomic E-state index is -0.127. The number of hydrogen-bond donors (Lipinski definition) is 1. The molecule has 1 radical (unpaired) electrons. The first kappa shape index (κ1) is 11.9. The molecule has 0 amide bonds. The molecule has 0 unspecified atom stereocenters. The normalized spacial score (nSPS) is 12.0. The zero-order valence-corrected chi connectivity index (χ0v) is 8.64. The second-order valence-corrected chi connectivity index (χ2v) is 3.57. The summed E-state index contributed by atoms with van der Waals surface area (Å²) in [7, 11) is 0. The third-order valence-electron chi connectivity index (χ3n) is 2.36. The Morgan fingerprint density at radius 3 is 1.42 bits per heavy atom. The van der Waals surface area contributed by atoms with E-state index >= 15 is 0 Å². The van der Waals surface area contributed by atoms with Crippen LogP contribution in [0.3, 0.4) is 0 Å². The molecule has 0 aliphatic carbocycles. The molecule has 0 atom stereocenters. The predicted octanol–water partition coefficient (Wildman–Crippen LogP) is 3.12. The summed E-state index contributed by atoms with van der Waals surface area (Å²) < 4.78 is 0. The van der Waals surface area contributed by atoms with Crippen molar-refractivity contribution in [1.29, 1.82) is 0 Å². The second kappa shape index (κ2) is 6.44. The van der Waals surface area contributed by atoms with Crippen LogP contribution in [0, 0.1) is 0 Å². The molecular weight excluding hydrogens is 150 g/mol. The molecule has 0 heterocycles. The zero-order chi connectivity index (χ0) is 9.45. The molecule has 0 aromatic rings. The lowest BCUT2D eigenvalue weighted by Gasteiger charge is -2.29. The van der Waals surface area contributed by atoms with E-state index in [1.807, 2.05) is 0 Å². The van der Waals surface area contributed by atoms with E-state index in [1.165, 1.54) is 0 Å². The van der Waals surface area contributed by atoms with E-state index in [4.69, 9.17) is 5.21 Å². The monoisotopic (exact) mass is 172 g/mol. The molecule has 2 heteroatoms. The van der Waals surface area contributed by atoms with Crippen LogP contribution < -0.4 is 5.48 Å². The Bertz CT molecular complexity index is 87.0. The highest BCUT2D eigenvalue weighted by molar-refractivity contribution is 4.83. The molecule has 1 N–H and O–H groups in total. The minimum absolute atomic E-state index is 0.127. The summed E-state index contributed by atoms with van der Waals surface area (Å²) in [6.45, 7) is 6.43. The molecule has 0 aliphatic heterocycles. The van der Waals surface area contributed by atoms with Crippen molar-refractivity contribution in [2.24, 2.45) is 0 Å². The van der Waals surface area contributed by atoms with Gasteiger partial charge in [-0.3, -0.25) is 5.21 Å². The number of hydroxylamine groups is 1. The predicted molar refractivity (Wildman–Crippen MR) is 51.4 cm³/mol. The van der Waals surface area contributed by atoms with E-state index in [9.17, 15) is 0 Å². The van der Waals surface area contributed by atoms with Crippen LogP contribution in [0.4, 0.5) is 0 Å². The van der Waals surface area contributed by atoms with Gasteiger partial charge in [0.05, 0.1) is 5.54 Å². The summed E-state index contributed by atoms with van der Waals surface area (Å²) in [6.07, 6.45) is 6.36. The second-order valence-electron chi connectivity index (χ2n) is 3.57. The van der Waals surface area contributed by atoms with Gasteiger partial charge in [-0.05, 0) is 19.3 Å². The van der Waals surface area contributed by atoms with Gasteiger partial charge in [-0.2, -0.15) is 0 Å². The molecule has 0 spiro atoms. The fourth-order valence-electron chi connectivity index (χ4n) is 1.92. The van der Waals surface area contributed by atoms with E-state index < -0.39 is 0 Å². The Kier molecular flexibility index (Phi) is 6.39. The van der Waals surface area contributed by atoms with E-state index in [-0.39, 0.29) is 5.54 Å². The Labute approximate surface area is 76.3 Å². The van der Waals surface area contributed by atoms with Crippen molar-refractivity contribution in [3.63, 3.8) is 0 Å². The summed E-state index contributed by atoms with van der Waals surface area (Å²) in [5.41, 5.74) is 3.46. The van der Waals surface area contributed by atoms with Crippen molar-refractivity contribution in [2.45, 2.75) is 64.8 Å². The van der Waals surface area contributed by atoms with E-state index in [0.29, 0.717) is 0 Å². The highest BCUT2D eigenvalue weighted by Crippen LogP contribution is 2.25. The quantitative estimate of drug-likeness (QED) is 0.588. The molecule has 0 saturated heterocycles. The number of nitrogens with zero attached hydrogens (tertiary/aromatic N) is 1. The van der Waals surface area contributed by atoms with Crippen LogP contribution in [0.15, 0.2) is 0 Å². The fraction of sp³-hybridized carbons (Fsp3) is 1.00. The van der Waals surface area contributed by atoms with Crippen molar-refractivity contribution in [1.82, 2.24) is 5.48 Å². The van der Waals surface area contributed by atoms with Crippen LogP contribution in [0.5, 0.6) is 0 Å². The summed E-state index contributed by atoms with van der Waals surface area (Å²) in [4.78, 5) is 0. The van der Waals surface area contributed by atoms with Gasteiger partial charge >= 0.3 is 0 Å². The zero-order valence-electron chi connectivity index (χ0n) is 8.64. The van der Waals surface area contributed by atoms with Gasteiger partial charge < -0.3 is 0 Å². The van der Waals surface area contributed by atoms with Crippen LogP contribution in [0.1, 0.15) is 59.3 Å². The average Bonchev–Trinajstić information content (AvgIpc) is 2.06. The fourth-order valence-corrected chi connectivity index (χ4v) is 1.92. The molecular formula is C10H22NO. The number of rotatable bonds is 7. The average molecular weight is 172 g/mol. The Hall–Kier alpha value is -0.0800. The summed E-state index contributed by atoms with van der Waals surface area (Å²) in [6, 6.07) is 0. The summed E-state index contributed by atoms with van der Waals surface area (Å²) in [5.74, 6) is 0. The van der Waals surface area contributed by atoms with Crippen molar-refractivity contribution >= 4 is 0 Å². The van der Waals surface area contributed by atoms with E-state index in [1.54, 1.807) is 0 Å². The largest absolute Gasteiger partial charge is 0.296 e. The van der Waals surface area contributed by atoms with Gasteiger partial charge in [-0.1, -0.05) is 45.5 Å². The SMILES string of the molecule is CCCC(CCC)(CCC)[N]O. The van der Waals surface area contributed by atoms with Crippen LogP contribution in [0.2, 0.25) is 0 Å². The van der Waals surface area contributed by atoms with Crippen LogP contribution in [0.25, 0.3) is 0 Å². The van der Waals surface area contributed by atoms with Crippen LogP contribution in [-0.4, -0.2) is 10.7 Å². The molecule has 0 aromatic heterocycles. The first-order chi connectivity index (χ1) is 5.74. The maximum absolute atomic E-state index is 8.99. The lowest BCUT2D eigenvalue weighted by molar-refractivity contribution is 0.0323. The smallest absolute Gasteiger partial charge is 0.0645 e. The third-order valence-corrected chi connectivity index (χ3v) is 2.36. The first-order valence-electron chi connectivity index (χ1n) is 5.11. The summed E-state index contributed by atoms with van der Waals surface area (Å²) in [5, 5.41) is 8.99. The Morgan fingerprint density at radius 1 is 0.917 bits per heavy atom. The topological polar surface area (TPSA) is 34.3 Å². The Balaban J connectivity index is 4.06. The molecule has 12 heavy (non-hydrogen) atoms. The van der Waals surface area contributed by atoms with Gasteiger partial charge in [-0.25, -0.2) is 0 Å². The minimum Gasteiger partial charge on any atom is -0.296 e. The molecule has 0 rings (SSSR count). The molecule has 0 aromatic carbocycles. The van der Waals surface area contributed by atoms with E-state index in [0.717, 1.165) is 38.5 Å². The molecule has 0 fully saturated rings. The third kappa shape index (κ3) is 3.55. The van der Waals surface area contributed by atoms with Gasteiger partial charge in [-0.15, -0.1) is 0 Å². The lowest BCUT2D eigenvalue weighted by Crippen LogP contribution is -2.37. The van der Waals surface area contributed by atoms with Crippen molar-refractivity contribution in [2.75, 3.05) is 0 Å². The maximum Gasteiger partial charge on any atom is 0.0645 e. The molecule has 2 nitrogen and oxygen atoms in total. The van der Waals surface area contributed by atoms with Crippen LogP contribution >= 0.6 is 0 Å². The van der Waals surface area contributed by atoms with Gasteiger partial charge in [0.1, 0.15) is 0 Å². The lowest BCUT2D eigenvalue weighted by atomic mass is 9.85. The van der Waals surface area contributed by atoms with Gasteiger partial charge in [0.2, 0.25) is 0 Å².